The van der Waals surface area contributed by atoms with Gasteiger partial charge in [0.1, 0.15) is 18.2 Å². The average Bonchev–Trinajstić information content (AvgIpc) is 2.69. The van der Waals surface area contributed by atoms with Crippen LogP contribution in [-0.2, 0) is 6.61 Å². The Bertz CT molecular complexity index is 1040. The summed E-state index contributed by atoms with van der Waals surface area (Å²) in [5.74, 6) is -0.128. The normalized spacial score (nSPS) is 10.9. The van der Waals surface area contributed by atoms with E-state index in [0.29, 0.717) is 30.8 Å². The summed E-state index contributed by atoms with van der Waals surface area (Å²) in [7, 11) is 0. The molecule has 3 aromatic rings. The molecule has 1 N–H and O–H groups in total. The molecule has 3 rings (SSSR count). The molecule has 29 heavy (non-hydrogen) atoms. The maximum atomic E-state index is 13.7. The van der Waals surface area contributed by atoms with Crippen molar-refractivity contribution < 1.29 is 13.9 Å². The molecule has 148 valence electrons. The Morgan fingerprint density at radius 2 is 1.76 bits per heavy atom. The van der Waals surface area contributed by atoms with Crippen molar-refractivity contribution in [2.24, 2.45) is 5.10 Å². The molecule has 8 heteroatoms. The first-order valence-electron chi connectivity index (χ1n) is 8.38. The van der Waals surface area contributed by atoms with Gasteiger partial charge in [-0.1, -0.05) is 29.8 Å². The minimum atomic E-state index is -0.346. The Balaban J connectivity index is 1.65. The fourth-order valence-electron chi connectivity index (χ4n) is 2.39. The second-order valence-electron chi connectivity index (χ2n) is 5.90. The number of carbonyl (C=O) groups excluding carboxylic acids is 1. The van der Waals surface area contributed by atoms with Crippen molar-refractivity contribution in [2.75, 3.05) is 0 Å². The summed E-state index contributed by atoms with van der Waals surface area (Å²) in [5, 5.41) is 4.52. The number of nitrogens with one attached hydrogen (secondary N) is 1. The quantitative estimate of drug-likeness (QED) is 0.293. The zero-order valence-corrected chi connectivity index (χ0v) is 18.8. The Hall–Kier alpha value is -2.22. The smallest absolute Gasteiger partial charge is 0.271 e. The van der Waals surface area contributed by atoms with Crippen molar-refractivity contribution in [3.63, 3.8) is 0 Å². The fraction of sp³-hybridized carbons (Fsp3) is 0.0476. The van der Waals surface area contributed by atoms with E-state index in [-0.39, 0.29) is 18.3 Å². The lowest BCUT2D eigenvalue weighted by molar-refractivity contribution is 0.0955. The zero-order chi connectivity index (χ0) is 20.8. The Morgan fingerprint density at radius 1 is 1.10 bits per heavy atom. The molecule has 0 bridgehead atoms. The van der Waals surface area contributed by atoms with Crippen molar-refractivity contribution in [1.29, 1.82) is 0 Å². The molecule has 0 spiro atoms. The van der Waals surface area contributed by atoms with Crippen molar-refractivity contribution in [1.82, 2.24) is 5.43 Å². The minimum Gasteiger partial charge on any atom is -0.486 e. The second-order valence-corrected chi connectivity index (χ2v) is 8.04. The van der Waals surface area contributed by atoms with Gasteiger partial charge in [0.2, 0.25) is 0 Å². The molecule has 0 atom stereocenters. The van der Waals surface area contributed by atoms with Gasteiger partial charge in [-0.3, -0.25) is 4.79 Å². The van der Waals surface area contributed by atoms with Crippen molar-refractivity contribution in [3.05, 3.63) is 97.1 Å². The molecule has 0 radical (unpaired) electrons. The van der Waals surface area contributed by atoms with Crippen LogP contribution in [-0.4, -0.2) is 12.1 Å². The van der Waals surface area contributed by atoms with Crippen LogP contribution in [0.1, 0.15) is 21.5 Å². The van der Waals surface area contributed by atoms with Crippen LogP contribution in [0.3, 0.4) is 0 Å². The van der Waals surface area contributed by atoms with E-state index >= 15 is 0 Å². The lowest BCUT2D eigenvalue weighted by Gasteiger charge is -2.11. The van der Waals surface area contributed by atoms with E-state index in [0.717, 1.165) is 5.56 Å². The van der Waals surface area contributed by atoms with Gasteiger partial charge in [0.05, 0.1) is 15.2 Å². The van der Waals surface area contributed by atoms with E-state index in [2.05, 4.69) is 42.4 Å². The zero-order valence-electron chi connectivity index (χ0n) is 14.8. The van der Waals surface area contributed by atoms with Gasteiger partial charge >= 0.3 is 0 Å². The fourth-order valence-corrected chi connectivity index (χ4v) is 3.97. The number of hydrogen-bond acceptors (Lipinski definition) is 3. The maximum absolute atomic E-state index is 13.7. The largest absolute Gasteiger partial charge is 0.486 e. The van der Waals surface area contributed by atoms with E-state index in [1.165, 1.54) is 12.3 Å². The van der Waals surface area contributed by atoms with E-state index in [4.69, 9.17) is 16.3 Å². The molecule has 1 amide bonds. The first-order chi connectivity index (χ1) is 13.9. The van der Waals surface area contributed by atoms with Gasteiger partial charge in [-0.2, -0.15) is 5.10 Å². The standard InChI is InChI=1S/C21H14Br2ClFN2O2/c22-17-9-13(11-26-27-21(28)14-5-7-16(24)8-6-14)10-18(23)20(17)29-12-15-3-1-2-4-19(15)25/h1-11H,12H2,(H,27,28)/b26-11-. The van der Waals surface area contributed by atoms with Crippen LogP contribution >= 0.6 is 43.5 Å². The number of hydrogen-bond donors (Lipinski definition) is 1. The maximum Gasteiger partial charge on any atom is 0.271 e. The van der Waals surface area contributed by atoms with Gasteiger partial charge in [0, 0.05) is 16.1 Å². The summed E-state index contributed by atoms with van der Waals surface area (Å²) >= 11 is 12.7. The number of nitrogens with zero attached hydrogens (tertiary/aromatic N) is 1. The van der Waals surface area contributed by atoms with Gasteiger partial charge in [-0.15, -0.1) is 0 Å². The molecule has 0 saturated heterocycles. The molecular weight excluding hydrogens is 527 g/mol. The number of rotatable bonds is 6. The van der Waals surface area contributed by atoms with Crippen molar-refractivity contribution >= 4 is 55.6 Å². The summed E-state index contributed by atoms with van der Waals surface area (Å²) in [6.07, 6.45) is 1.50. The Labute approximate surface area is 189 Å². The lowest BCUT2D eigenvalue weighted by Crippen LogP contribution is -2.17. The molecule has 0 aromatic heterocycles. The first-order valence-corrected chi connectivity index (χ1v) is 10.3. The van der Waals surface area contributed by atoms with Crippen LogP contribution < -0.4 is 10.2 Å². The monoisotopic (exact) mass is 538 g/mol. The lowest BCUT2D eigenvalue weighted by atomic mass is 10.2. The summed E-state index contributed by atoms with van der Waals surface area (Å²) in [4.78, 5) is 12.0. The van der Waals surface area contributed by atoms with E-state index in [9.17, 15) is 9.18 Å². The second kappa shape index (κ2) is 10.0. The molecule has 0 heterocycles. The van der Waals surface area contributed by atoms with Crippen LogP contribution in [0.4, 0.5) is 4.39 Å². The molecule has 0 aliphatic rings. The molecule has 0 fully saturated rings. The molecule has 4 nitrogen and oxygen atoms in total. The third kappa shape index (κ3) is 5.88. The summed E-state index contributed by atoms with van der Waals surface area (Å²) in [6, 6.07) is 16.5. The number of carbonyl (C=O) groups is 1. The van der Waals surface area contributed by atoms with E-state index in [1.807, 2.05) is 0 Å². The predicted molar refractivity (Wildman–Crippen MR) is 119 cm³/mol. The highest BCUT2D eigenvalue weighted by Gasteiger charge is 2.10. The molecule has 0 aliphatic carbocycles. The van der Waals surface area contributed by atoms with Gasteiger partial charge in [0.15, 0.2) is 0 Å². The predicted octanol–water partition coefficient (Wildman–Crippen LogP) is 6.35. The summed E-state index contributed by atoms with van der Waals surface area (Å²) in [6.45, 7) is 0.0917. The molecule has 0 saturated carbocycles. The average molecular weight is 541 g/mol. The number of halogens is 4. The van der Waals surface area contributed by atoms with Crippen molar-refractivity contribution in [2.45, 2.75) is 6.61 Å². The van der Waals surface area contributed by atoms with Gasteiger partial charge in [-0.05, 0) is 79.9 Å². The SMILES string of the molecule is O=C(N/N=C\c1cc(Br)c(OCc2ccccc2F)c(Br)c1)c1ccc(Cl)cc1. The molecule has 0 aliphatic heterocycles. The summed E-state index contributed by atoms with van der Waals surface area (Å²) < 4.78 is 20.8. The van der Waals surface area contributed by atoms with Crippen LogP contribution in [0, 0.1) is 5.82 Å². The minimum absolute atomic E-state index is 0.0917. The summed E-state index contributed by atoms with van der Waals surface area (Å²) in [5.41, 5.74) is 4.09. The van der Waals surface area contributed by atoms with Gasteiger partial charge < -0.3 is 4.74 Å². The van der Waals surface area contributed by atoms with Gasteiger partial charge in [-0.25, -0.2) is 9.82 Å². The van der Waals surface area contributed by atoms with Crippen LogP contribution in [0.2, 0.25) is 5.02 Å². The molecular formula is C21H14Br2ClFN2O2. The topological polar surface area (TPSA) is 50.7 Å². The number of amides is 1. The van der Waals surface area contributed by atoms with E-state index < -0.39 is 0 Å². The van der Waals surface area contributed by atoms with Gasteiger partial charge in [0.25, 0.3) is 5.91 Å². The first kappa shape index (κ1) is 21.5. The van der Waals surface area contributed by atoms with Crippen LogP contribution in [0.25, 0.3) is 0 Å². The number of ether oxygens (including phenoxy) is 1. The van der Waals surface area contributed by atoms with Crippen LogP contribution in [0.15, 0.2) is 74.7 Å². The highest BCUT2D eigenvalue weighted by molar-refractivity contribution is 9.11. The highest BCUT2D eigenvalue weighted by atomic mass is 79.9. The van der Waals surface area contributed by atoms with Crippen LogP contribution in [0.5, 0.6) is 5.75 Å². The third-order valence-corrected chi connectivity index (χ3v) is 5.27. The third-order valence-electron chi connectivity index (χ3n) is 3.84. The van der Waals surface area contributed by atoms with Crippen molar-refractivity contribution in [3.8, 4) is 5.75 Å². The number of benzene rings is 3. The Morgan fingerprint density at radius 3 is 2.41 bits per heavy atom. The Kier molecular flexibility index (Phi) is 7.41. The highest BCUT2D eigenvalue weighted by Crippen LogP contribution is 2.35. The molecule has 0 unspecified atom stereocenters. The van der Waals surface area contributed by atoms with E-state index in [1.54, 1.807) is 54.6 Å². The number of hydrazone groups is 1. The molecule has 3 aromatic carbocycles.